The third-order valence-electron chi connectivity index (χ3n) is 4.06. The summed E-state index contributed by atoms with van der Waals surface area (Å²) in [4.78, 5) is 2.52. The van der Waals surface area contributed by atoms with Crippen molar-refractivity contribution in [2.75, 3.05) is 13.1 Å². The Hall–Kier alpha value is -0.800. The number of piperidine rings is 1. The van der Waals surface area contributed by atoms with Gasteiger partial charge in [-0.3, -0.25) is 0 Å². The van der Waals surface area contributed by atoms with E-state index in [9.17, 15) is 5.11 Å². The van der Waals surface area contributed by atoms with Crippen LogP contribution in [0.1, 0.15) is 31.4 Å². The third kappa shape index (κ3) is 1.89. The summed E-state index contributed by atoms with van der Waals surface area (Å²) in [7, 11) is 0. The predicted molar refractivity (Wildman–Crippen MR) is 61.2 cm³/mol. The van der Waals surface area contributed by atoms with Gasteiger partial charge in [-0.2, -0.15) is 0 Å². The molecule has 88 valence electrons. The lowest BCUT2D eigenvalue weighted by Crippen LogP contribution is -2.48. The topological polar surface area (TPSA) is 36.6 Å². The van der Waals surface area contributed by atoms with Crippen LogP contribution in [0.5, 0.6) is 0 Å². The number of fused-ring (bicyclic) bond motifs is 1. The fourth-order valence-corrected chi connectivity index (χ4v) is 3.21. The Morgan fingerprint density at radius 1 is 1.50 bits per heavy atom. The lowest BCUT2D eigenvalue weighted by molar-refractivity contribution is -0.0384. The van der Waals surface area contributed by atoms with Crippen LogP contribution in [-0.2, 0) is 6.42 Å². The van der Waals surface area contributed by atoms with E-state index in [0.29, 0.717) is 12.5 Å². The average Bonchev–Trinajstić information content (AvgIpc) is 2.87. The Kier molecular flexibility index (Phi) is 2.52. The molecule has 2 fully saturated rings. The molecular weight excluding hydrogens is 202 g/mol. The highest BCUT2D eigenvalue weighted by Gasteiger charge is 2.40. The van der Waals surface area contributed by atoms with Crippen LogP contribution in [0.2, 0.25) is 0 Å². The van der Waals surface area contributed by atoms with Gasteiger partial charge >= 0.3 is 0 Å². The van der Waals surface area contributed by atoms with Crippen LogP contribution in [0, 0.1) is 0 Å². The highest BCUT2D eigenvalue weighted by atomic mass is 16.3. The van der Waals surface area contributed by atoms with E-state index in [1.165, 1.54) is 19.4 Å². The lowest BCUT2D eigenvalue weighted by atomic mass is 9.83. The maximum absolute atomic E-state index is 10.6. The van der Waals surface area contributed by atoms with E-state index in [1.54, 1.807) is 6.26 Å². The molecule has 0 radical (unpaired) electrons. The zero-order valence-corrected chi connectivity index (χ0v) is 9.56. The first-order valence-electron chi connectivity index (χ1n) is 6.24. The lowest BCUT2D eigenvalue weighted by Gasteiger charge is -2.40. The van der Waals surface area contributed by atoms with E-state index in [-0.39, 0.29) is 0 Å². The van der Waals surface area contributed by atoms with E-state index in [2.05, 4.69) is 4.90 Å². The molecule has 3 rings (SSSR count). The molecule has 2 atom stereocenters. The molecular formula is C13H19NO2. The smallest absolute Gasteiger partial charge is 0.106 e. The monoisotopic (exact) mass is 221 g/mol. The van der Waals surface area contributed by atoms with Gasteiger partial charge < -0.3 is 14.4 Å². The van der Waals surface area contributed by atoms with Crippen molar-refractivity contribution < 1.29 is 9.52 Å². The van der Waals surface area contributed by atoms with Crippen molar-refractivity contribution in [3.8, 4) is 0 Å². The average molecular weight is 221 g/mol. The van der Waals surface area contributed by atoms with Gasteiger partial charge in [0, 0.05) is 19.0 Å². The van der Waals surface area contributed by atoms with Gasteiger partial charge in [0.05, 0.1) is 11.9 Å². The highest BCUT2D eigenvalue weighted by Crippen LogP contribution is 2.35. The summed E-state index contributed by atoms with van der Waals surface area (Å²) in [5.74, 6) is 0.911. The fraction of sp³-hybridized carbons (Fsp3) is 0.692. The molecule has 2 aliphatic heterocycles. The predicted octanol–water partition coefficient (Wildman–Crippen LogP) is 1.81. The molecule has 0 saturated carbocycles. The Morgan fingerprint density at radius 2 is 2.44 bits per heavy atom. The number of aliphatic hydroxyl groups is 1. The molecule has 3 nitrogen and oxygen atoms in total. The van der Waals surface area contributed by atoms with E-state index >= 15 is 0 Å². The second-order valence-corrected chi connectivity index (χ2v) is 5.27. The number of nitrogens with zero attached hydrogens (tertiary/aromatic N) is 1. The summed E-state index contributed by atoms with van der Waals surface area (Å²) in [6, 6.07) is 4.45. The van der Waals surface area contributed by atoms with Crippen molar-refractivity contribution >= 4 is 0 Å². The SMILES string of the molecule is OC1(Cc2ccco2)CCN2CCCC2C1. The van der Waals surface area contributed by atoms with Crippen molar-refractivity contribution in [2.24, 2.45) is 0 Å². The Morgan fingerprint density at radius 3 is 3.25 bits per heavy atom. The molecule has 1 N–H and O–H groups in total. The summed E-state index contributed by atoms with van der Waals surface area (Å²) in [5.41, 5.74) is -0.538. The van der Waals surface area contributed by atoms with Crippen LogP contribution < -0.4 is 0 Å². The van der Waals surface area contributed by atoms with Crippen molar-refractivity contribution in [3.63, 3.8) is 0 Å². The quantitative estimate of drug-likeness (QED) is 0.827. The molecule has 1 aromatic rings. The molecule has 0 spiro atoms. The summed E-state index contributed by atoms with van der Waals surface area (Å²) < 4.78 is 5.34. The number of furan rings is 1. The van der Waals surface area contributed by atoms with E-state index in [1.807, 2.05) is 12.1 Å². The molecule has 2 aliphatic rings. The van der Waals surface area contributed by atoms with Gasteiger partial charge in [-0.15, -0.1) is 0 Å². The Bertz CT molecular complexity index is 349. The van der Waals surface area contributed by atoms with Crippen molar-refractivity contribution in [1.82, 2.24) is 4.90 Å². The minimum absolute atomic E-state index is 0.538. The fourth-order valence-electron chi connectivity index (χ4n) is 3.21. The molecule has 3 heterocycles. The van der Waals surface area contributed by atoms with Crippen LogP contribution in [0.4, 0.5) is 0 Å². The van der Waals surface area contributed by atoms with Crippen molar-refractivity contribution in [2.45, 2.75) is 43.7 Å². The maximum atomic E-state index is 10.6. The van der Waals surface area contributed by atoms with E-state index in [0.717, 1.165) is 25.1 Å². The summed E-state index contributed by atoms with van der Waals surface area (Å²) in [5, 5.41) is 10.6. The van der Waals surface area contributed by atoms with Gasteiger partial charge in [0.2, 0.25) is 0 Å². The van der Waals surface area contributed by atoms with Gasteiger partial charge in [-0.05, 0) is 44.4 Å². The largest absolute Gasteiger partial charge is 0.469 e. The second kappa shape index (κ2) is 3.90. The van der Waals surface area contributed by atoms with Crippen LogP contribution in [-0.4, -0.2) is 34.7 Å². The molecule has 16 heavy (non-hydrogen) atoms. The standard InChI is InChI=1S/C13H19NO2/c15-13(10-12-4-2-8-16-12)5-7-14-6-1-3-11(14)9-13/h2,4,8,11,15H,1,3,5-7,9-10H2. The van der Waals surface area contributed by atoms with Gasteiger partial charge in [0.15, 0.2) is 0 Å². The Labute approximate surface area is 96.1 Å². The summed E-state index contributed by atoms with van der Waals surface area (Å²) in [6.07, 6.45) is 6.69. The molecule has 0 aliphatic carbocycles. The second-order valence-electron chi connectivity index (χ2n) is 5.27. The highest BCUT2D eigenvalue weighted by molar-refractivity contribution is 5.06. The zero-order valence-electron chi connectivity index (χ0n) is 9.56. The summed E-state index contributed by atoms with van der Waals surface area (Å²) >= 11 is 0. The minimum atomic E-state index is -0.538. The minimum Gasteiger partial charge on any atom is -0.469 e. The molecule has 3 heteroatoms. The molecule has 0 aromatic carbocycles. The first-order chi connectivity index (χ1) is 7.75. The first-order valence-corrected chi connectivity index (χ1v) is 6.24. The number of hydrogen-bond acceptors (Lipinski definition) is 3. The maximum Gasteiger partial charge on any atom is 0.106 e. The number of hydrogen-bond donors (Lipinski definition) is 1. The molecule has 2 saturated heterocycles. The van der Waals surface area contributed by atoms with E-state index < -0.39 is 5.60 Å². The van der Waals surface area contributed by atoms with Gasteiger partial charge in [-0.25, -0.2) is 0 Å². The first kappa shape index (κ1) is 10.4. The number of rotatable bonds is 2. The summed E-state index contributed by atoms with van der Waals surface area (Å²) in [6.45, 7) is 2.27. The molecule has 0 bridgehead atoms. The van der Waals surface area contributed by atoms with Gasteiger partial charge in [0.1, 0.15) is 5.76 Å². The van der Waals surface area contributed by atoms with Crippen LogP contribution in [0.15, 0.2) is 22.8 Å². The van der Waals surface area contributed by atoms with Gasteiger partial charge in [0.25, 0.3) is 0 Å². The van der Waals surface area contributed by atoms with Crippen molar-refractivity contribution in [1.29, 1.82) is 0 Å². The Balaban J connectivity index is 1.69. The van der Waals surface area contributed by atoms with Crippen LogP contribution in [0.25, 0.3) is 0 Å². The zero-order chi connectivity index (χ0) is 11.0. The molecule has 1 aromatic heterocycles. The molecule has 2 unspecified atom stereocenters. The third-order valence-corrected chi connectivity index (χ3v) is 4.06. The van der Waals surface area contributed by atoms with E-state index in [4.69, 9.17) is 4.42 Å². The van der Waals surface area contributed by atoms with Crippen LogP contribution >= 0.6 is 0 Å². The van der Waals surface area contributed by atoms with Crippen LogP contribution in [0.3, 0.4) is 0 Å². The van der Waals surface area contributed by atoms with Crippen molar-refractivity contribution in [3.05, 3.63) is 24.2 Å². The normalized spacial score (nSPS) is 35.2. The molecule has 0 amide bonds. The van der Waals surface area contributed by atoms with Gasteiger partial charge in [-0.1, -0.05) is 0 Å².